The van der Waals surface area contributed by atoms with Gasteiger partial charge in [0.2, 0.25) is 12.1 Å². The Bertz CT molecular complexity index is 1590. The summed E-state index contributed by atoms with van der Waals surface area (Å²) in [6.07, 6.45) is 2.21. The molecule has 0 N–H and O–H groups in total. The topological polar surface area (TPSA) is 94.0 Å². The average Bonchev–Trinajstić information content (AvgIpc) is 3.56. The van der Waals surface area contributed by atoms with Crippen molar-refractivity contribution >= 4 is 34.6 Å². The van der Waals surface area contributed by atoms with Gasteiger partial charge in [-0.15, -0.1) is 0 Å². The van der Waals surface area contributed by atoms with Crippen LogP contribution in [0.5, 0.6) is 0 Å². The van der Waals surface area contributed by atoms with Crippen molar-refractivity contribution in [3.8, 4) is 0 Å². The molecule has 1 aliphatic heterocycles. The third kappa shape index (κ3) is 5.11. The molecule has 0 bridgehead atoms. The number of nitrogens with zero attached hydrogens (tertiary/aromatic N) is 4. The first-order chi connectivity index (χ1) is 18.7. The van der Waals surface area contributed by atoms with Gasteiger partial charge in [-0.2, -0.15) is 9.78 Å². The number of ether oxygens (including phenoxy) is 2. The average molecular weight is 525 g/mol. The molecule has 0 saturated heterocycles. The first-order valence-corrected chi connectivity index (χ1v) is 12.4. The lowest BCUT2D eigenvalue weighted by Gasteiger charge is -2.22. The van der Waals surface area contributed by atoms with E-state index >= 15 is 0 Å². The number of fused-ring (bicyclic) bond motifs is 1. The molecule has 198 valence electrons. The van der Waals surface area contributed by atoms with E-state index < -0.39 is 12.2 Å². The van der Waals surface area contributed by atoms with E-state index in [1.807, 2.05) is 44.2 Å². The number of esters is 1. The van der Waals surface area contributed by atoms with E-state index in [1.165, 1.54) is 14.5 Å². The first-order valence-electron chi connectivity index (χ1n) is 12.4. The quantitative estimate of drug-likeness (QED) is 0.346. The maximum atomic E-state index is 13.5. The van der Waals surface area contributed by atoms with Gasteiger partial charge in [-0.3, -0.25) is 14.5 Å². The van der Waals surface area contributed by atoms with E-state index in [2.05, 4.69) is 5.10 Å². The zero-order valence-corrected chi connectivity index (χ0v) is 22.1. The fraction of sp³-hybridized carbons (Fsp3) is 0.200. The van der Waals surface area contributed by atoms with Gasteiger partial charge in [-0.05, 0) is 50.2 Å². The molecule has 0 saturated carbocycles. The Morgan fingerprint density at radius 3 is 2.21 bits per heavy atom. The van der Waals surface area contributed by atoms with Crippen LogP contribution >= 0.6 is 0 Å². The minimum Gasteiger partial charge on any atom is -0.456 e. The maximum Gasteiger partial charge on any atom is 0.338 e. The van der Waals surface area contributed by atoms with E-state index in [0.717, 1.165) is 11.1 Å². The van der Waals surface area contributed by atoms with Gasteiger partial charge in [0.1, 0.15) is 6.61 Å². The Morgan fingerprint density at radius 1 is 0.923 bits per heavy atom. The maximum absolute atomic E-state index is 13.5. The number of carbonyl (C=O) groups is 3. The van der Waals surface area contributed by atoms with Crippen molar-refractivity contribution in [2.24, 2.45) is 0 Å². The number of amides is 2. The van der Waals surface area contributed by atoms with Gasteiger partial charge in [0.15, 0.2) is 0 Å². The molecule has 3 aromatic carbocycles. The zero-order chi connectivity index (χ0) is 27.7. The molecule has 0 aliphatic carbocycles. The number of hydrogen-bond donors (Lipinski definition) is 0. The van der Waals surface area contributed by atoms with Crippen LogP contribution in [0.4, 0.5) is 0 Å². The number of aryl methyl sites for hydroxylation is 2. The van der Waals surface area contributed by atoms with E-state index in [4.69, 9.17) is 9.47 Å². The molecule has 39 heavy (non-hydrogen) atoms. The molecule has 0 fully saturated rings. The summed E-state index contributed by atoms with van der Waals surface area (Å²) in [4.78, 5) is 41.8. The molecule has 9 heteroatoms. The molecular weight excluding hydrogens is 496 g/mol. The Morgan fingerprint density at radius 2 is 1.56 bits per heavy atom. The Labute approximate surface area is 225 Å². The first kappa shape index (κ1) is 25.7. The number of hydrogen-bond acceptors (Lipinski definition) is 6. The lowest BCUT2D eigenvalue weighted by molar-refractivity contribution is -0.00750. The van der Waals surface area contributed by atoms with Crippen molar-refractivity contribution in [1.29, 1.82) is 0 Å². The Hall–Kier alpha value is -4.92. The van der Waals surface area contributed by atoms with Crippen LogP contribution in [0.3, 0.4) is 0 Å². The number of carbonyl (C=O) groups excluding carboxylic acids is 3. The van der Waals surface area contributed by atoms with Crippen LogP contribution in [-0.2, 0) is 9.47 Å². The van der Waals surface area contributed by atoms with Crippen LogP contribution in [-0.4, -0.2) is 64.3 Å². The summed E-state index contributed by atoms with van der Waals surface area (Å²) in [5.74, 6) is -0.734. The van der Waals surface area contributed by atoms with Gasteiger partial charge in [0, 0.05) is 25.0 Å². The summed E-state index contributed by atoms with van der Waals surface area (Å²) < 4.78 is 13.2. The van der Waals surface area contributed by atoms with Crippen LogP contribution in [0.25, 0.3) is 16.8 Å². The van der Waals surface area contributed by atoms with E-state index in [1.54, 1.807) is 62.9 Å². The highest BCUT2D eigenvalue weighted by atomic mass is 16.6. The van der Waals surface area contributed by atoms with Crippen LogP contribution < -0.4 is 0 Å². The molecule has 5 rings (SSSR count). The van der Waals surface area contributed by atoms with E-state index in [9.17, 15) is 14.4 Å². The molecule has 1 atom stereocenters. The highest BCUT2D eigenvalue weighted by Crippen LogP contribution is 2.29. The summed E-state index contributed by atoms with van der Waals surface area (Å²) in [5.41, 5.74) is 4.04. The van der Waals surface area contributed by atoms with Crippen molar-refractivity contribution in [3.05, 3.63) is 107 Å². The fourth-order valence-electron chi connectivity index (χ4n) is 4.26. The molecule has 4 aromatic rings. The standard InChI is InChI=1S/C30H28N4O5/c1-19-8-12-21(13-9-19)28(35)33-17-26(39-27(33)18-38-30(37)22-14-10-20(2)11-15-22)34-25-7-5-6-23(24(25)16-31-34)29(36)32(3)4/h5-17,27H,18H2,1-4H3. The van der Waals surface area contributed by atoms with Crippen LogP contribution in [0, 0.1) is 13.8 Å². The second-order valence-electron chi connectivity index (χ2n) is 9.58. The third-order valence-electron chi connectivity index (χ3n) is 6.45. The van der Waals surface area contributed by atoms with Gasteiger partial charge in [0.05, 0.1) is 29.0 Å². The van der Waals surface area contributed by atoms with Gasteiger partial charge < -0.3 is 14.4 Å². The number of rotatable bonds is 6. The summed E-state index contributed by atoms with van der Waals surface area (Å²) in [7, 11) is 3.37. The van der Waals surface area contributed by atoms with E-state index in [0.29, 0.717) is 27.6 Å². The highest BCUT2D eigenvalue weighted by molar-refractivity contribution is 6.06. The Balaban J connectivity index is 1.46. The smallest absolute Gasteiger partial charge is 0.338 e. The molecule has 0 radical (unpaired) electrons. The second kappa shape index (κ2) is 10.4. The molecule has 9 nitrogen and oxygen atoms in total. The molecule has 1 aromatic heterocycles. The van der Waals surface area contributed by atoms with Crippen LogP contribution in [0.2, 0.25) is 0 Å². The van der Waals surface area contributed by atoms with Gasteiger partial charge in [-0.25, -0.2) is 4.79 Å². The minimum absolute atomic E-state index is 0.154. The molecule has 1 unspecified atom stereocenters. The lowest BCUT2D eigenvalue weighted by atomic mass is 10.1. The van der Waals surface area contributed by atoms with Gasteiger partial charge in [-0.1, -0.05) is 41.5 Å². The van der Waals surface area contributed by atoms with Gasteiger partial charge in [0.25, 0.3) is 11.8 Å². The largest absolute Gasteiger partial charge is 0.456 e. The SMILES string of the molecule is Cc1ccc(C(=O)OCC2OC(n3ncc4c(C(=O)N(C)C)cccc43)=CN2C(=O)c2ccc(C)cc2)cc1. The van der Waals surface area contributed by atoms with Crippen molar-refractivity contribution < 1.29 is 23.9 Å². The summed E-state index contributed by atoms with van der Waals surface area (Å²) >= 11 is 0. The van der Waals surface area contributed by atoms with Gasteiger partial charge >= 0.3 is 5.97 Å². The number of aromatic nitrogens is 2. The van der Waals surface area contributed by atoms with Crippen LogP contribution in [0.1, 0.15) is 42.2 Å². The fourth-order valence-corrected chi connectivity index (χ4v) is 4.26. The summed E-state index contributed by atoms with van der Waals surface area (Å²) in [6.45, 7) is 3.67. The monoisotopic (exact) mass is 524 g/mol. The van der Waals surface area contributed by atoms with E-state index in [-0.39, 0.29) is 24.3 Å². The van der Waals surface area contributed by atoms with Crippen molar-refractivity contribution in [2.75, 3.05) is 20.7 Å². The molecule has 0 spiro atoms. The third-order valence-corrected chi connectivity index (χ3v) is 6.45. The molecular formula is C30H28N4O5. The zero-order valence-electron chi connectivity index (χ0n) is 22.1. The number of benzene rings is 3. The van der Waals surface area contributed by atoms with Crippen molar-refractivity contribution in [2.45, 2.75) is 20.1 Å². The highest BCUT2D eigenvalue weighted by Gasteiger charge is 2.34. The predicted molar refractivity (Wildman–Crippen MR) is 146 cm³/mol. The Kier molecular flexibility index (Phi) is 6.89. The summed E-state index contributed by atoms with van der Waals surface area (Å²) in [5, 5.41) is 5.10. The summed E-state index contributed by atoms with van der Waals surface area (Å²) in [6, 6.07) is 19.5. The second-order valence-corrected chi connectivity index (χ2v) is 9.58. The lowest BCUT2D eigenvalue weighted by Crippen LogP contribution is -2.37. The minimum atomic E-state index is -0.922. The van der Waals surface area contributed by atoms with Crippen molar-refractivity contribution in [3.63, 3.8) is 0 Å². The predicted octanol–water partition coefficient (Wildman–Crippen LogP) is 4.47. The molecule has 2 amide bonds. The van der Waals surface area contributed by atoms with Crippen molar-refractivity contribution in [1.82, 2.24) is 19.6 Å². The molecule has 2 heterocycles. The van der Waals surface area contributed by atoms with Crippen LogP contribution in [0.15, 0.2) is 79.1 Å². The normalized spacial score (nSPS) is 14.6. The molecule has 1 aliphatic rings.